The van der Waals surface area contributed by atoms with E-state index < -0.39 is 10.0 Å². The number of nitrogens with one attached hydrogen (secondary N) is 2. The van der Waals surface area contributed by atoms with E-state index in [4.69, 9.17) is 23.2 Å². The molecule has 0 heterocycles. The lowest BCUT2D eigenvalue weighted by Crippen LogP contribution is -2.15. The molecule has 0 fully saturated rings. The normalized spacial score (nSPS) is 11.2. The number of carbonyl (C=O) groups excluding carboxylic acids is 1. The Kier molecular flexibility index (Phi) is 6.17. The van der Waals surface area contributed by atoms with Gasteiger partial charge in [0.05, 0.1) is 21.2 Å². The molecule has 3 aromatic rings. The smallest absolute Gasteiger partial charge is 0.261 e. The average Bonchev–Trinajstić information content (AvgIpc) is 2.65. The number of anilines is 2. The highest BCUT2D eigenvalue weighted by atomic mass is 35.5. The molecule has 0 saturated heterocycles. The van der Waals surface area contributed by atoms with Crippen molar-refractivity contribution < 1.29 is 13.2 Å². The maximum absolute atomic E-state index is 12.6. The summed E-state index contributed by atoms with van der Waals surface area (Å²) < 4.78 is 27.8. The second-order valence-corrected chi connectivity index (χ2v) is 8.98. The van der Waals surface area contributed by atoms with E-state index in [0.29, 0.717) is 32.5 Å². The maximum atomic E-state index is 12.6. The fraction of sp³-hybridized carbons (Fsp3) is 0.0952. The van der Waals surface area contributed by atoms with Crippen molar-refractivity contribution in [3.05, 3.63) is 87.4 Å². The van der Waals surface area contributed by atoms with Gasteiger partial charge in [-0.15, -0.1) is 0 Å². The van der Waals surface area contributed by atoms with Crippen LogP contribution in [-0.4, -0.2) is 14.3 Å². The van der Waals surface area contributed by atoms with Crippen molar-refractivity contribution >= 4 is 50.5 Å². The first kappa shape index (κ1) is 21.2. The number of carbonyl (C=O) groups is 1. The molecule has 8 heteroatoms. The van der Waals surface area contributed by atoms with Crippen molar-refractivity contribution in [2.45, 2.75) is 18.7 Å². The fourth-order valence-corrected chi connectivity index (χ4v) is 4.26. The van der Waals surface area contributed by atoms with Gasteiger partial charge in [0.25, 0.3) is 15.9 Å². The molecule has 0 saturated carbocycles. The van der Waals surface area contributed by atoms with Crippen molar-refractivity contribution in [1.29, 1.82) is 0 Å². The highest BCUT2D eigenvalue weighted by molar-refractivity contribution is 7.92. The molecule has 0 aliphatic carbocycles. The molecule has 5 nitrogen and oxygen atoms in total. The monoisotopic (exact) mass is 448 g/mol. The summed E-state index contributed by atoms with van der Waals surface area (Å²) >= 11 is 12.2. The van der Waals surface area contributed by atoms with Gasteiger partial charge in [0, 0.05) is 10.7 Å². The topological polar surface area (TPSA) is 75.3 Å². The summed E-state index contributed by atoms with van der Waals surface area (Å²) in [7, 11) is -3.80. The third-order valence-electron chi connectivity index (χ3n) is 4.30. The Morgan fingerprint density at radius 2 is 1.59 bits per heavy atom. The standard InChI is InChI=1S/C21H18Cl2N2O3S/c1-13-6-11-17(19(23)12-13)21(26)24-15-7-9-16(10-8-15)29(27,28)25-20-5-3-4-18(22)14(20)2/h3-12,25H,1-2H3,(H,24,26). The minimum atomic E-state index is -3.80. The Labute approximate surface area is 179 Å². The molecule has 29 heavy (non-hydrogen) atoms. The van der Waals surface area contributed by atoms with Crippen molar-refractivity contribution in [3.8, 4) is 0 Å². The third kappa shape index (κ3) is 4.90. The van der Waals surface area contributed by atoms with Crippen molar-refractivity contribution in [2.75, 3.05) is 10.0 Å². The van der Waals surface area contributed by atoms with Gasteiger partial charge in [0.15, 0.2) is 0 Å². The Balaban J connectivity index is 1.77. The van der Waals surface area contributed by atoms with E-state index in [-0.39, 0.29) is 10.8 Å². The first-order valence-corrected chi connectivity index (χ1v) is 10.9. The van der Waals surface area contributed by atoms with E-state index in [1.165, 1.54) is 24.3 Å². The molecule has 1 amide bonds. The van der Waals surface area contributed by atoms with Crippen LogP contribution in [0.4, 0.5) is 11.4 Å². The number of amides is 1. The zero-order chi connectivity index (χ0) is 21.2. The summed E-state index contributed by atoms with van der Waals surface area (Å²) in [6.45, 7) is 3.61. The predicted molar refractivity (Wildman–Crippen MR) is 118 cm³/mol. The van der Waals surface area contributed by atoms with E-state index in [2.05, 4.69) is 10.0 Å². The molecule has 2 N–H and O–H groups in total. The van der Waals surface area contributed by atoms with Gasteiger partial charge in [-0.2, -0.15) is 0 Å². The SMILES string of the molecule is Cc1ccc(C(=O)Nc2ccc(S(=O)(=O)Nc3cccc(Cl)c3C)cc2)c(Cl)c1. The summed E-state index contributed by atoms with van der Waals surface area (Å²) in [6, 6.07) is 16.0. The number of hydrogen-bond donors (Lipinski definition) is 2. The average molecular weight is 449 g/mol. The van der Waals surface area contributed by atoms with Crippen LogP contribution in [0.2, 0.25) is 10.0 Å². The number of aryl methyl sites for hydroxylation is 1. The number of hydrogen-bond acceptors (Lipinski definition) is 3. The molecule has 0 unspecified atom stereocenters. The van der Waals surface area contributed by atoms with Gasteiger partial charge >= 0.3 is 0 Å². The lowest BCUT2D eigenvalue weighted by molar-refractivity contribution is 0.102. The quantitative estimate of drug-likeness (QED) is 0.528. The fourth-order valence-electron chi connectivity index (χ4n) is 2.64. The molecule has 0 spiro atoms. The summed E-state index contributed by atoms with van der Waals surface area (Å²) in [5.41, 5.74) is 2.78. The van der Waals surface area contributed by atoms with Crippen LogP contribution in [0.5, 0.6) is 0 Å². The summed E-state index contributed by atoms with van der Waals surface area (Å²) in [6.07, 6.45) is 0. The first-order chi connectivity index (χ1) is 13.7. The highest BCUT2D eigenvalue weighted by Gasteiger charge is 2.17. The van der Waals surface area contributed by atoms with Crippen molar-refractivity contribution in [2.24, 2.45) is 0 Å². The molecule has 0 bridgehead atoms. The summed E-state index contributed by atoms with van der Waals surface area (Å²) in [5, 5.41) is 3.53. The number of benzene rings is 3. The predicted octanol–water partition coefficient (Wildman–Crippen LogP) is 5.66. The first-order valence-electron chi connectivity index (χ1n) is 8.63. The molecule has 0 atom stereocenters. The molecule has 3 aromatic carbocycles. The summed E-state index contributed by atoms with van der Waals surface area (Å²) in [5.74, 6) is -0.377. The van der Waals surface area contributed by atoms with Crippen molar-refractivity contribution in [3.63, 3.8) is 0 Å². The summed E-state index contributed by atoms with van der Waals surface area (Å²) in [4.78, 5) is 12.5. The van der Waals surface area contributed by atoms with Crippen molar-refractivity contribution in [1.82, 2.24) is 0 Å². The Bertz CT molecular complexity index is 1180. The molecule has 0 radical (unpaired) electrons. The lowest BCUT2D eigenvalue weighted by atomic mass is 10.1. The Morgan fingerprint density at radius 3 is 2.24 bits per heavy atom. The molecule has 0 aliphatic rings. The highest BCUT2D eigenvalue weighted by Crippen LogP contribution is 2.26. The van der Waals surface area contributed by atoms with E-state index in [0.717, 1.165) is 5.56 Å². The van der Waals surface area contributed by atoms with Crippen LogP contribution in [0, 0.1) is 13.8 Å². The number of halogens is 2. The van der Waals surface area contributed by atoms with Crippen LogP contribution in [0.1, 0.15) is 21.5 Å². The molecule has 0 aliphatic heterocycles. The lowest BCUT2D eigenvalue weighted by Gasteiger charge is -2.12. The van der Waals surface area contributed by atoms with Gasteiger partial charge in [-0.25, -0.2) is 8.42 Å². The second-order valence-electron chi connectivity index (χ2n) is 6.48. The largest absolute Gasteiger partial charge is 0.322 e. The van der Waals surface area contributed by atoms with Gasteiger partial charge in [0.2, 0.25) is 0 Å². The van der Waals surface area contributed by atoms with E-state index in [9.17, 15) is 13.2 Å². The van der Waals surface area contributed by atoms with Crippen LogP contribution in [0.25, 0.3) is 0 Å². The van der Waals surface area contributed by atoms with Gasteiger partial charge in [0.1, 0.15) is 0 Å². The van der Waals surface area contributed by atoms with Gasteiger partial charge in [-0.05, 0) is 73.5 Å². The van der Waals surface area contributed by atoms with Gasteiger partial charge in [-0.1, -0.05) is 35.3 Å². The second kappa shape index (κ2) is 8.45. The Morgan fingerprint density at radius 1 is 0.897 bits per heavy atom. The van der Waals surface area contributed by atoms with Crippen LogP contribution < -0.4 is 10.0 Å². The number of sulfonamides is 1. The third-order valence-corrected chi connectivity index (χ3v) is 6.41. The van der Waals surface area contributed by atoms with Crippen LogP contribution in [0.3, 0.4) is 0 Å². The van der Waals surface area contributed by atoms with Gasteiger partial charge in [-0.3, -0.25) is 9.52 Å². The maximum Gasteiger partial charge on any atom is 0.261 e. The van der Waals surface area contributed by atoms with E-state index >= 15 is 0 Å². The molecule has 0 aromatic heterocycles. The molecule has 150 valence electrons. The van der Waals surface area contributed by atoms with E-state index in [1.807, 2.05) is 6.92 Å². The minimum Gasteiger partial charge on any atom is -0.322 e. The van der Waals surface area contributed by atoms with Crippen LogP contribution in [-0.2, 0) is 10.0 Å². The minimum absolute atomic E-state index is 0.0586. The molecular formula is C21H18Cl2N2O3S. The van der Waals surface area contributed by atoms with Gasteiger partial charge < -0.3 is 5.32 Å². The zero-order valence-electron chi connectivity index (χ0n) is 15.7. The van der Waals surface area contributed by atoms with Crippen LogP contribution >= 0.6 is 23.2 Å². The molecular weight excluding hydrogens is 431 g/mol. The van der Waals surface area contributed by atoms with E-state index in [1.54, 1.807) is 43.3 Å². The zero-order valence-corrected chi connectivity index (χ0v) is 18.0. The number of rotatable bonds is 5. The molecule has 3 rings (SSSR count). The van der Waals surface area contributed by atoms with Crippen LogP contribution in [0.15, 0.2) is 65.6 Å². The Hall–Kier alpha value is -2.54.